The van der Waals surface area contributed by atoms with Crippen LogP contribution in [0.2, 0.25) is 0 Å². The summed E-state index contributed by atoms with van der Waals surface area (Å²) in [6, 6.07) is 18.8. The van der Waals surface area contributed by atoms with Crippen molar-refractivity contribution < 1.29 is 4.79 Å². The van der Waals surface area contributed by atoms with Gasteiger partial charge in [-0.15, -0.1) is 0 Å². The molecular weight excluding hydrogens is 296 g/mol. The van der Waals surface area contributed by atoms with E-state index in [2.05, 4.69) is 6.07 Å². The molecule has 124 valence electrons. The summed E-state index contributed by atoms with van der Waals surface area (Å²) in [6.45, 7) is 7.93. The molecule has 0 bridgehead atoms. The second-order valence-corrected chi connectivity index (χ2v) is 6.80. The quantitative estimate of drug-likeness (QED) is 0.815. The molecule has 0 fully saturated rings. The Labute approximate surface area is 144 Å². The van der Waals surface area contributed by atoms with E-state index in [4.69, 9.17) is 0 Å². The van der Waals surface area contributed by atoms with Crippen LogP contribution in [0.15, 0.2) is 54.6 Å². The van der Waals surface area contributed by atoms with Crippen molar-refractivity contribution in [2.75, 3.05) is 0 Å². The fourth-order valence-electron chi connectivity index (χ4n) is 2.89. The molecule has 2 rings (SSSR count). The van der Waals surface area contributed by atoms with Gasteiger partial charge in [0.05, 0.1) is 6.07 Å². The van der Waals surface area contributed by atoms with E-state index in [9.17, 15) is 10.1 Å². The van der Waals surface area contributed by atoms with Gasteiger partial charge in [0.2, 0.25) is 0 Å². The van der Waals surface area contributed by atoms with Gasteiger partial charge in [-0.1, -0.05) is 55.5 Å². The number of aryl methyl sites for hydroxylation is 1. The molecule has 0 aliphatic carbocycles. The van der Waals surface area contributed by atoms with Crippen LogP contribution in [-0.2, 0) is 6.42 Å². The molecule has 24 heavy (non-hydrogen) atoms. The van der Waals surface area contributed by atoms with Gasteiger partial charge in [-0.2, -0.15) is 5.26 Å². The fourth-order valence-corrected chi connectivity index (χ4v) is 2.89. The van der Waals surface area contributed by atoms with Gasteiger partial charge >= 0.3 is 0 Å². The van der Waals surface area contributed by atoms with Crippen molar-refractivity contribution in [2.24, 2.45) is 0 Å². The molecule has 0 saturated heterocycles. The van der Waals surface area contributed by atoms with Crippen LogP contribution < -0.4 is 0 Å². The fraction of sp³-hybridized carbons (Fsp3) is 0.333. The number of benzene rings is 2. The average Bonchev–Trinajstić information content (AvgIpc) is 2.58. The molecule has 0 aromatic heterocycles. The first-order valence-electron chi connectivity index (χ1n) is 8.26. The standard InChI is InChI=1S/C21H24N2O/c1-5-16-11-9-10-14-18(16)20(24)23(21(2,3)4)19(15-22)17-12-7-6-8-13-17/h6-14,19H,5H2,1-4H3. The molecule has 0 saturated carbocycles. The van der Waals surface area contributed by atoms with E-state index in [1.54, 1.807) is 4.90 Å². The van der Waals surface area contributed by atoms with Gasteiger partial charge in [0, 0.05) is 11.1 Å². The van der Waals surface area contributed by atoms with Gasteiger partial charge in [-0.25, -0.2) is 0 Å². The van der Waals surface area contributed by atoms with E-state index in [0.29, 0.717) is 5.56 Å². The first-order valence-corrected chi connectivity index (χ1v) is 8.26. The number of hydrogen-bond donors (Lipinski definition) is 0. The van der Waals surface area contributed by atoms with E-state index in [1.165, 1.54) is 0 Å². The molecule has 2 aromatic rings. The number of carbonyl (C=O) groups excluding carboxylic acids is 1. The van der Waals surface area contributed by atoms with Crippen molar-refractivity contribution in [3.05, 3.63) is 71.3 Å². The Hall–Kier alpha value is -2.60. The highest BCUT2D eigenvalue weighted by Gasteiger charge is 2.35. The number of amides is 1. The predicted molar refractivity (Wildman–Crippen MR) is 96.5 cm³/mol. The maximum Gasteiger partial charge on any atom is 0.255 e. The van der Waals surface area contributed by atoms with Crippen LogP contribution in [0.5, 0.6) is 0 Å². The lowest BCUT2D eigenvalue weighted by Gasteiger charge is -2.39. The maximum atomic E-state index is 13.3. The normalized spacial score (nSPS) is 12.3. The molecule has 0 aliphatic heterocycles. The van der Waals surface area contributed by atoms with Crippen LogP contribution in [0.3, 0.4) is 0 Å². The Morgan fingerprint density at radius 3 is 2.21 bits per heavy atom. The summed E-state index contributed by atoms with van der Waals surface area (Å²) < 4.78 is 0. The lowest BCUT2D eigenvalue weighted by atomic mass is 9.95. The molecule has 3 nitrogen and oxygen atoms in total. The molecule has 1 amide bonds. The number of nitrogens with zero attached hydrogens (tertiary/aromatic N) is 2. The molecule has 1 atom stereocenters. The van der Waals surface area contributed by atoms with E-state index in [1.807, 2.05) is 82.3 Å². The molecule has 0 N–H and O–H groups in total. The zero-order valence-corrected chi connectivity index (χ0v) is 14.8. The average molecular weight is 320 g/mol. The van der Waals surface area contributed by atoms with E-state index in [-0.39, 0.29) is 5.91 Å². The van der Waals surface area contributed by atoms with Crippen molar-refractivity contribution in [1.82, 2.24) is 4.90 Å². The Balaban J connectivity index is 2.53. The summed E-state index contributed by atoms with van der Waals surface area (Å²) in [5.74, 6) is -0.102. The van der Waals surface area contributed by atoms with Gasteiger partial charge in [-0.05, 0) is 44.4 Å². The van der Waals surface area contributed by atoms with E-state index < -0.39 is 11.6 Å². The molecule has 0 aliphatic rings. The summed E-state index contributed by atoms with van der Waals surface area (Å²) in [5, 5.41) is 9.79. The first kappa shape index (κ1) is 17.7. The van der Waals surface area contributed by atoms with Crippen LogP contribution >= 0.6 is 0 Å². The number of nitriles is 1. The SMILES string of the molecule is CCc1ccccc1C(=O)N(C(C#N)c1ccccc1)C(C)(C)C. The summed E-state index contributed by atoms with van der Waals surface area (Å²) in [5.41, 5.74) is 2.03. The minimum Gasteiger partial charge on any atom is -0.314 e. The van der Waals surface area contributed by atoms with Crippen LogP contribution in [0.1, 0.15) is 55.2 Å². The van der Waals surface area contributed by atoms with Crippen molar-refractivity contribution in [3.8, 4) is 6.07 Å². The molecule has 0 spiro atoms. The Bertz CT molecular complexity index is 738. The number of carbonyl (C=O) groups is 1. The zero-order valence-electron chi connectivity index (χ0n) is 14.8. The lowest BCUT2D eigenvalue weighted by Crippen LogP contribution is -2.47. The third-order valence-corrected chi connectivity index (χ3v) is 4.07. The van der Waals surface area contributed by atoms with Gasteiger partial charge < -0.3 is 4.90 Å². The highest BCUT2D eigenvalue weighted by atomic mass is 16.2. The van der Waals surface area contributed by atoms with Gasteiger partial charge in [0.1, 0.15) is 6.04 Å². The number of hydrogen-bond acceptors (Lipinski definition) is 2. The summed E-state index contributed by atoms with van der Waals surface area (Å²) in [6.07, 6.45) is 0.780. The first-order chi connectivity index (χ1) is 11.4. The molecule has 0 radical (unpaired) electrons. The van der Waals surface area contributed by atoms with Gasteiger partial charge in [0.25, 0.3) is 5.91 Å². The minimum absolute atomic E-state index is 0.102. The largest absolute Gasteiger partial charge is 0.314 e. The zero-order chi connectivity index (χ0) is 17.7. The third kappa shape index (κ3) is 3.65. The molecule has 3 heteroatoms. The third-order valence-electron chi connectivity index (χ3n) is 4.07. The van der Waals surface area contributed by atoms with Crippen LogP contribution in [0.4, 0.5) is 0 Å². The minimum atomic E-state index is -0.622. The maximum absolute atomic E-state index is 13.3. The smallest absolute Gasteiger partial charge is 0.255 e. The van der Waals surface area contributed by atoms with Crippen molar-refractivity contribution in [2.45, 2.75) is 45.7 Å². The summed E-state index contributed by atoms with van der Waals surface area (Å²) in [4.78, 5) is 15.0. The van der Waals surface area contributed by atoms with E-state index in [0.717, 1.165) is 17.5 Å². The van der Waals surface area contributed by atoms with Crippen LogP contribution in [0.25, 0.3) is 0 Å². The lowest BCUT2D eigenvalue weighted by molar-refractivity contribution is 0.0508. The number of rotatable bonds is 4. The monoisotopic (exact) mass is 320 g/mol. The van der Waals surface area contributed by atoms with Crippen molar-refractivity contribution >= 4 is 5.91 Å². The Morgan fingerprint density at radius 2 is 1.67 bits per heavy atom. The topological polar surface area (TPSA) is 44.1 Å². The summed E-state index contributed by atoms with van der Waals surface area (Å²) in [7, 11) is 0. The highest BCUT2D eigenvalue weighted by molar-refractivity contribution is 5.96. The highest BCUT2D eigenvalue weighted by Crippen LogP contribution is 2.30. The second-order valence-electron chi connectivity index (χ2n) is 6.80. The molecular formula is C21H24N2O. The summed E-state index contributed by atoms with van der Waals surface area (Å²) >= 11 is 0. The van der Waals surface area contributed by atoms with E-state index >= 15 is 0 Å². The van der Waals surface area contributed by atoms with Gasteiger partial charge in [0.15, 0.2) is 0 Å². The van der Waals surface area contributed by atoms with Gasteiger partial charge in [-0.3, -0.25) is 4.79 Å². The molecule has 1 unspecified atom stereocenters. The van der Waals surface area contributed by atoms with Crippen molar-refractivity contribution in [1.29, 1.82) is 5.26 Å². The Kier molecular flexibility index (Phi) is 5.41. The predicted octanol–water partition coefficient (Wildman–Crippen LogP) is 4.75. The second kappa shape index (κ2) is 7.31. The van der Waals surface area contributed by atoms with Crippen LogP contribution in [0, 0.1) is 11.3 Å². The Morgan fingerprint density at radius 1 is 1.08 bits per heavy atom. The molecule has 0 heterocycles. The molecule has 2 aromatic carbocycles. The van der Waals surface area contributed by atoms with Crippen LogP contribution in [-0.4, -0.2) is 16.3 Å². The van der Waals surface area contributed by atoms with Crippen molar-refractivity contribution in [3.63, 3.8) is 0 Å².